The Morgan fingerprint density at radius 2 is 1.48 bits per heavy atom. The average Bonchev–Trinajstić information content (AvgIpc) is 3.41. The zero-order valence-electron chi connectivity index (χ0n) is 15.6. The van der Waals surface area contributed by atoms with Gasteiger partial charge in [0.15, 0.2) is 0 Å². The van der Waals surface area contributed by atoms with Crippen LogP contribution in [0.25, 0.3) is 0 Å². The molecule has 2 aliphatic rings. The summed E-state index contributed by atoms with van der Waals surface area (Å²) in [7, 11) is 2.45. The van der Waals surface area contributed by atoms with Crippen molar-refractivity contribution in [1.29, 1.82) is 0 Å². The second kappa shape index (κ2) is 6.59. The molecule has 2 fully saturated rings. The highest BCUT2D eigenvalue weighted by Gasteiger charge is 2.59. The van der Waals surface area contributed by atoms with Crippen LogP contribution in [0.5, 0.6) is 0 Å². The average molecular weight is 336 g/mol. The van der Waals surface area contributed by atoms with Gasteiger partial charge in [0.05, 0.1) is 26.7 Å². The lowest BCUT2D eigenvalue weighted by Crippen LogP contribution is -2.57. The fourth-order valence-electron chi connectivity index (χ4n) is 5.22. The molecular weight excluding hydrogens is 304 g/mol. The molecular formula is C23H31N2+. The first-order valence-corrected chi connectivity index (χ1v) is 9.79. The minimum absolute atomic E-state index is 0.231. The Balaban J connectivity index is 1.60. The smallest absolute Gasteiger partial charge is 0.0911 e. The molecule has 1 saturated heterocycles. The van der Waals surface area contributed by atoms with E-state index in [4.69, 9.17) is 0 Å². The van der Waals surface area contributed by atoms with Crippen LogP contribution in [0.15, 0.2) is 60.7 Å². The number of nitrogens with zero attached hydrogens (tertiary/aromatic N) is 1. The molecule has 2 aromatic rings. The molecule has 2 atom stereocenters. The van der Waals surface area contributed by atoms with Gasteiger partial charge in [-0.1, -0.05) is 67.6 Å². The van der Waals surface area contributed by atoms with Crippen molar-refractivity contribution in [3.63, 3.8) is 0 Å². The maximum absolute atomic E-state index is 3.51. The second-order valence-corrected chi connectivity index (χ2v) is 8.49. The van der Waals surface area contributed by atoms with Crippen molar-refractivity contribution in [2.45, 2.75) is 18.8 Å². The van der Waals surface area contributed by atoms with E-state index in [9.17, 15) is 0 Å². The third-order valence-corrected chi connectivity index (χ3v) is 6.67. The number of rotatable bonds is 5. The van der Waals surface area contributed by atoms with E-state index < -0.39 is 0 Å². The van der Waals surface area contributed by atoms with Gasteiger partial charge in [-0.3, -0.25) is 0 Å². The number of hydrogen-bond donors (Lipinski definition) is 1. The third kappa shape index (κ3) is 3.14. The van der Waals surface area contributed by atoms with Crippen LogP contribution in [-0.4, -0.2) is 44.3 Å². The van der Waals surface area contributed by atoms with E-state index in [-0.39, 0.29) is 5.41 Å². The molecule has 2 aromatic carbocycles. The Hall–Kier alpha value is -1.64. The SMILES string of the molecule is CC(C[N+]1(C)CCNCC1)C1CC1(c1ccccc1)c1ccccc1. The van der Waals surface area contributed by atoms with Crippen molar-refractivity contribution in [3.05, 3.63) is 71.8 Å². The van der Waals surface area contributed by atoms with E-state index in [1.807, 2.05) is 0 Å². The summed E-state index contributed by atoms with van der Waals surface area (Å²) in [5, 5.41) is 3.51. The number of likely N-dealkylation sites (N-methyl/N-ethyl adjacent to an activating group) is 1. The highest BCUT2D eigenvalue weighted by molar-refractivity contribution is 5.47. The van der Waals surface area contributed by atoms with Crippen molar-refractivity contribution >= 4 is 0 Å². The summed E-state index contributed by atoms with van der Waals surface area (Å²) in [6.45, 7) is 8.64. The molecule has 0 aromatic heterocycles. The number of piperazine rings is 1. The predicted octanol–water partition coefficient (Wildman–Crippen LogP) is 3.68. The zero-order chi connectivity index (χ0) is 17.3. The maximum Gasteiger partial charge on any atom is 0.0911 e. The first kappa shape index (κ1) is 16.8. The number of quaternary nitrogens is 1. The van der Waals surface area contributed by atoms with Gasteiger partial charge < -0.3 is 9.80 Å². The lowest BCUT2D eigenvalue weighted by Gasteiger charge is -2.40. The summed E-state index contributed by atoms with van der Waals surface area (Å²) in [4.78, 5) is 0. The predicted molar refractivity (Wildman–Crippen MR) is 105 cm³/mol. The van der Waals surface area contributed by atoms with Crippen LogP contribution in [0, 0.1) is 11.8 Å². The molecule has 2 nitrogen and oxygen atoms in total. The van der Waals surface area contributed by atoms with Crippen LogP contribution in [0.4, 0.5) is 0 Å². The molecule has 1 heterocycles. The first-order chi connectivity index (χ1) is 12.1. The molecule has 0 bridgehead atoms. The van der Waals surface area contributed by atoms with Gasteiger partial charge >= 0.3 is 0 Å². The van der Waals surface area contributed by atoms with Gasteiger partial charge in [0.2, 0.25) is 0 Å². The van der Waals surface area contributed by atoms with Crippen molar-refractivity contribution in [2.24, 2.45) is 11.8 Å². The Kier molecular flexibility index (Phi) is 4.43. The monoisotopic (exact) mass is 335 g/mol. The van der Waals surface area contributed by atoms with Crippen LogP contribution in [0.3, 0.4) is 0 Å². The minimum Gasteiger partial charge on any atom is -0.324 e. The quantitative estimate of drug-likeness (QED) is 0.822. The van der Waals surface area contributed by atoms with Gasteiger partial charge in [0, 0.05) is 24.4 Å². The van der Waals surface area contributed by atoms with Crippen LogP contribution in [-0.2, 0) is 5.41 Å². The van der Waals surface area contributed by atoms with E-state index >= 15 is 0 Å². The maximum atomic E-state index is 3.51. The minimum atomic E-state index is 0.231. The van der Waals surface area contributed by atoms with Gasteiger partial charge in [0.25, 0.3) is 0 Å². The lowest BCUT2D eigenvalue weighted by atomic mass is 9.82. The van der Waals surface area contributed by atoms with Crippen molar-refractivity contribution in [1.82, 2.24) is 5.32 Å². The van der Waals surface area contributed by atoms with Crippen LogP contribution in [0.1, 0.15) is 24.5 Å². The number of benzene rings is 2. The molecule has 2 heteroatoms. The standard InChI is InChI=1S/C23H31N2/c1-19(18-25(2)15-13-24-14-16-25)22-17-23(22,20-9-5-3-6-10-20)21-11-7-4-8-12-21/h3-12,19,22,24H,13-18H2,1-2H3/q+1. The largest absolute Gasteiger partial charge is 0.324 e. The highest BCUT2D eigenvalue weighted by Crippen LogP contribution is 2.62. The highest BCUT2D eigenvalue weighted by atomic mass is 15.4. The third-order valence-electron chi connectivity index (χ3n) is 6.67. The fraction of sp³-hybridized carbons (Fsp3) is 0.478. The van der Waals surface area contributed by atoms with Gasteiger partial charge in [-0.2, -0.15) is 0 Å². The van der Waals surface area contributed by atoms with E-state index in [0.717, 1.165) is 24.9 Å². The van der Waals surface area contributed by atoms with E-state index in [0.29, 0.717) is 0 Å². The van der Waals surface area contributed by atoms with Gasteiger partial charge in [-0.15, -0.1) is 0 Å². The van der Waals surface area contributed by atoms with Crippen molar-refractivity contribution < 1.29 is 4.48 Å². The summed E-state index contributed by atoms with van der Waals surface area (Å²) in [5.74, 6) is 1.49. The molecule has 1 saturated carbocycles. The van der Waals surface area contributed by atoms with Crippen LogP contribution in [0.2, 0.25) is 0 Å². The zero-order valence-corrected chi connectivity index (χ0v) is 15.6. The molecule has 0 amide bonds. The molecule has 25 heavy (non-hydrogen) atoms. The summed E-state index contributed by atoms with van der Waals surface area (Å²) in [5.41, 5.74) is 3.23. The summed E-state index contributed by atoms with van der Waals surface area (Å²) in [6, 6.07) is 22.4. The van der Waals surface area contributed by atoms with E-state index in [2.05, 4.69) is 80.0 Å². The molecule has 2 unspecified atom stereocenters. The Morgan fingerprint density at radius 3 is 2.00 bits per heavy atom. The molecule has 4 rings (SSSR count). The Bertz CT molecular complexity index is 649. The van der Waals surface area contributed by atoms with Crippen LogP contribution >= 0.6 is 0 Å². The van der Waals surface area contributed by atoms with E-state index in [1.165, 1.54) is 41.7 Å². The topological polar surface area (TPSA) is 12.0 Å². The Labute approximate surface area is 152 Å². The normalized spacial score (nSPS) is 25.3. The molecule has 0 radical (unpaired) electrons. The van der Waals surface area contributed by atoms with Crippen molar-refractivity contribution in [2.75, 3.05) is 39.8 Å². The molecule has 132 valence electrons. The number of nitrogens with one attached hydrogen (secondary N) is 1. The van der Waals surface area contributed by atoms with E-state index in [1.54, 1.807) is 0 Å². The summed E-state index contributed by atoms with van der Waals surface area (Å²) < 4.78 is 1.23. The Morgan fingerprint density at radius 1 is 0.960 bits per heavy atom. The fourth-order valence-corrected chi connectivity index (χ4v) is 5.22. The van der Waals surface area contributed by atoms with Gasteiger partial charge in [-0.25, -0.2) is 0 Å². The number of hydrogen-bond acceptors (Lipinski definition) is 1. The molecule has 1 aliphatic heterocycles. The summed E-state index contributed by atoms with van der Waals surface area (Å²) in [6.07, 6.45) is 1.29. The lowest BCUT2D eigenvalue weighted by molar-refractivity contribution is -0.914. The molecule has 0 spiro atoms. The second-order valence-electron chi connectivity index (χ2n) is 8.49. The van der Waals surface area contributed by atoms with Gasteiger partial charge in [0.1, 0.15) is 0 Å². The molecule has 1 N–H and O–H groups in total. The first-order valence-electron chi connectivity index (χ1n) is 9.79. The van der Waals surface area contributed by atoms with Crippen LogP contribution < -0.4 is 5.32 Å². The molecule has 1 aliphatic carbocycles. The van der Waals surface area contributed by atoms with Gasteiger partial charge in [-0.05, 0) is 23.5 Å². The summed E-state index contributed by atoms with van der Waals surface area (Å²) >= 11 is 0. The van der Waals surface area contributed by atoms with Crippen molar-refractivity contribution in [3.8, 4) is 0 Å².